The van der Waals surface area contributed by atoms with E-state index in [1.165, 1.54) is 0 Å². The van der Waals surface area contributed by atoms with Gasteiger partial charge in [0.05, 0.1) is 39.6 Å². The van der Waals surface area contributed by atoms with Gasteiger partial charge in [0.15, 0.2) is 37.7 Å². The number of hydrogen-bond donors (Lipinski definition) is 20. The molecule has 22 aliphatic rings. The summed E-state index contributed by atoms with van der Waals surface area (Å²) in [4.78, 5) is 0. The van der Waals surface area contributed by atoms with E-state index in [1.807, 2.05) is 0 Å². The molecule has 33 nitrogen and oxygen atoms in total. The molecule has 30 atom stereocenters. The third kappa shape index (κ3) is 11.3. The first-order valence-corrected chi connectivity index (χ1v) is 22.0. The lowest BCUT2D eigenvalue weighted by Gasteiger charge is -2.51. The van der Waals surface area contributed by atoms with Gasteiger partial charge < -0.3 is 159 Å². The Morgan fingerprint density at radius 1 is 0.257 bits per heavy atom. The summed E-state index contributed by atoms with van der Waals surface area (Å²) in [5.74, 6) is 0. The van der Waals surface area contributed by atoms with Gasteiger partial charge >= 0.3 is 6.16 Å². The van der Waals surface area contributed by atoms with Crippen LogP contribution in [-0.4, -0.2) is 332 Å². The van der Waals surface area contributed by atoms with Crippen molar-refractivity contribution in [1.29, 1.82) is 0 Å². The van der Waals surface area contributed by atoms with Crippen LogP contribution >= 0.6 is 0 Å². The highest BCUT2D eigenvalue weighted by Crippen LogP contribution is 2.39. The molecule has 0 spiro atoms. The summed E-state index contributed by atoms with van der Waals surface area (Å²) < 4.78 is 72.7. The smallest absolute Gasteiger partial charge is 0.394 e. The predicted octanol–water partition coefficient (Wildman–Crippen LogP) is -14.4. The van der Waals surface area contributed by atoms with Crippen molar-refractivity contribution in [3.8, 4) is 0 Å². The van der Waals surface area contributed by atoms with Crippen molar-refractivity contribution in [1.82, 2.24) is 0 Å². The van der Waals surface area contributed by atoms with E-state index in [9.17, 15) is 102 Å². The standard InChI is InChI=1S/C37H62O33/c38-1-7-24-13(44)18(49)31(58-7)65-25-8(2-39)60-33(20(51)15(25)46)67-27-10(4-41)62-35(22(53)17(27)48)69-29-12(6-43)63-36(23(54)30(29)70-37(55,56)57)68-28-11(5-42)61-34(21(52)16(28)47)66-26-9(3-40)59-32(64-24)19(50)14(26)45/h7-36,38-57H,1-6H2/t7-,8-,9-,10-,11-,12-,13-,14-,15-,16-,17-,18-,19-,20-,21-,22-,23-,24-,25-,26-,27-,28-,29+,30-,31-,32-,33-,34-,35-,36-/m1/s1. The van der Waals surface area contributed by atoms with Crippen LogP contribution in [0.5, 0.6) is 0 Å². The topological polar surface area (TPSA) is 525 Å². The Morgan fingerprint density at radius 2 is 0.443 bits per heavy atom. The zero-order valence-corrected chi connectivity index (χ0v) is 36.3. The van der Waals surface area contributed by atoms with Gasteiger partial charge in [0.25, 0.3) is 0 Å². The second-order valence-electron chi connectivity index (χ2n) is 17.5. The minimum absolute atomic E-state index is 1.02. The fourth-order valence-corrected chi connectivity index (χ4v) is 9.23. The SMILES string of the molecule is OC[C@H]1O[C@@H]2O[C@H]3[C@H](O)[C@@H](O)[C@@H](O[C@H]4[C@H](O)[C@@H](O)[C@@H](O[C@H]5[C@H](O)[C@@H](O)[C@@H](O[C@H]6[C@H](O)[C@@H](O)[C@@H](O[C@H]7[C@H](O)[C@@H](O)[C@@H](O[C@@H]1[C@H](OC(O)(O)O)[C@H]2O)O[C@@H]7CO)O[C@@H]6CO)O[C@@H]5CO)O[C@@H]4CO)O[C@@H]3CO. The molecule has 70 heavy (non-hydrogen) atoms. The first kappa shape index (κ1) is 56.4. The lowest BCUT2D eigenvalue weighted by molar-refractivity contribution is -0.490. The molecule has 22 heterocycles. The van der Waals surface area contributed by atoms with Crippen LogP contribution < -0.4 is 0 Å². The van der Waals surface area contributed by atoms with E-state index in [0.29, 0.717) is 0 Å². The van der Waals surface area contributed by atoms with Gasteiger partial charge in [0.2, 0.25) is 0 Å². The largest absolute Gasteiger partial charge is 0.405 e. The zero-order valence-electron chi connectivity index (χ0n) is 36.3. The van der Waals surface area contributed by atoms with Crippen molar-refractivity contribution in [2.75, 3.05) is 39.6 Å². The van der Waals surface area contributed by atoms with Gasteiger partial charge in [-0.1, -0.05) is 0 Å². The third-order valence-electron chi connectivity index (χ3n) is 12.9. The van der Waals surface area contributed by atoms with Crippen molar-refractivity contribution in [2.24, 2.45) is 0 Å². The Kier molecular flexibility index (Phi) is 18.8. The molecule has 0 aliphatic carbocycles. The van der Waals surface area contributed by atoms with Crippen molar-refractivity contribution in [2.45, 2.75) is 190 Å². The highest BCUT2D eigenvalue weighted by molar-refractivity contribution is 5.01. The maximum Gasteiger partial charge on any atom is 0.405 e. The van der Waals surface area contributed by atoms with Crippen LogP contribution in [0.3, 0.4) is 0 Å². The molecule has 22 rings (SSSR count). The van der Waals surface area contributed by atoms with E-state index in [-0.39, 0.29) is 0 Å². The number of ether oxygens (including phenoxy) is 13. The zero-order chi connectivity index (χ0) is 51.3. The van der Waals surface area contributed by atoms with Crippen LogP contribution in [0.25, 0.3) is 0 Å². The molecule has 22 fully saturated rings. The van der Waals surface area contributed by atoms with Gasteiger partial charge in [-0.3, -0.25) is 4.74 Å². The maximum absolute atomic E-state index is 11.5. The fraction of sp³-hybridized carbons (Fsp3) is 1.00. The Morgan fingerprint density at radius 3 is 0.643 bits per heavy atom. The molecule has 0 amide bonds. The van der Waals surface area contributed by atoms with Gasteiger partial charge in [0.1, 0.15) is 146 Å². The molecular formula is C37H62O33. The van der Waals surface area contributed by atoms with E-state index in [0.717, 1.165) is 0 Å². The molecule has 0 saturated carbocycles. The number of aliphatic hydroxyl groups is 20. The Hall–Kier alpha value is -1.32. The summed E-state index contributed by atoms with van der Waals surface area (Å²) in [5, 5.41) is 215. The lowest BCUT2D eigenvalue weighted by atomic mass is 9.94. The highest BCUT2D eigenvalue weighted by Gasteiger charge is 2.59. The van der Waals surface area contributed by atoms with Crippen LogP contribution in [0.4, 0.5) is 0 Å². The van der Waals surface area contributed by atoms with Gasteiger partial charge in [-0.2, -0.15) is 0 Å². The first-order chi connectivity index (χ1) is 33.1. The third-order valence-corrected chi connectivity index (χ3v) is 12.9. The van der Waals surface area contributed by atoms with Crippen LogP contribution in [0, 0.1) is 0 Å². The number of aliphatic hydroxyl groups excluding tert-OH is 17. The quantitative estimate of drug-likeness (QED) is 0.100. The second-order valence-corrected chi connectivity index (χ2v) is 17.5. The molecule has 0 aromatic heterocycles. The lowest BCUT2D eigenvalue weighted by Crippen LogP contribution is -2.69. The molecule has 0 aromatic rings. The molecule has 0 unspecified atom stereocenters. The Labute approximate surface area is 393 Å². The monoisotopic (exact) mass is 1030 g/mol. The first-order valence-electron chi connectivity index (χ1n) is 22.0. The van der Waals surface area contributed by atoms with E-state index in [4.69, 9.17) is 61.6 Å². The second kappa shape index (κ2) is 23.3. The van der Waals surface area contributed by atoms with Crippen LogP contribution in [0.2, 0.25) is 0 Å². The molecule has 22 aliphatic heterocycles. The van der Waals surface area contributed by atoms with Crippen LogP contribution in [0.1, 0.15) is 0 Å². The molecule has 33 heteroatoms. The summed E-state index contributed by atoms with van der Waals surface area (Å²) in [6.45, 7) is -6.46. The van der Waals surface area contributed by atoms with Gasteiger partial charge in [-0.25, -0.2) is 0 Å². The van der Waals surface area contributed by atoms with Gasteiger partial charge in [-0.05, 0) is 0 Å². The number of rotatable bonds is 8. The van der Waals surface area contributed by atoms with Gasteiger partial charge in [-0.15, -0.1) is 0 Å². The minimum atomic E-state index is -4.12. The molecule has 22 saturated heterocycles. The molecule has 20 N–H and O–H groups in total. The number of hydrogen-bond acceptors (Lipinski definition) is 33. The van der Waals surface area contributed by atoms with Gasteiger partial charge in [0, 0.05) is 0 Å². The van der Waals surface area contributed by atoms with E-state index in [1.54, 1.807) is 0 Å². The summed E-state index contributed by atoms with van der Waals surface area (Å²) in [6.07, 6.45) is -65.8. The normalized spacial score (nSPS) is 53.1. The molecule has 0 radical (unpaired) electrons. The minimum Gasteiger partial charge on any atom is -0.394 e. The van der Waals surface area contributed by atoms with Crippen molar-refractivity contribution in [3.05, 3.63) is 0 Å². The molecule has 0 aromatic carbocycles. The molecule has 408 valence electrons. The summed E-state index contributed by atoms with van der Waals surface area (Å²) >= 11 is 0. The van der Waals surface area contributed by atoms with Crippen LogP contribution in [-0.2, 0) is 61.6 Å². The van der Waals surface area contributed by atoms with Crippen LogP contribution in [0.15, 0.2) is 0 Å². The molecular weight excluding hydrogens is 972 g/mol. The summed E-state index contributed by atoms with van der Waals surface area (Å²) in [6, 6.07) is 0. The highest BCUT2D eigenvalue weighted by atomic mass is 16.9. The van der Waals surface area contributed by atoms with Crippen molar-refractivity contribution in [3.63, 3.8) is 0 Å². The van der Waals surface area contributed by atoms with E-state index < -0.39 is 230 Å². The van der Waals surface area contributed by atoms with E-state index in [2.05, 4.69) is 0 Å². The van der Waals surface area contributed by atoms with Crippen molar-refractivity contribution < 1.29 is 164 Å². The average Bonchev–Trinajstić information content (AvgIpc) is 3.33. The fourth-order valence-electron chi connectivity index (χ4n) is 9.23. The summed E-state index contributed by atoms with van der Waals surface area (Å²) in [5.41, 5.74) is 0. The summed E-state index contributed by atoms with van der Waals surface area (Å²) in [7, 11) is 0. The van der Waals surface area contributed by atoms with Crippen molar-refractivity contribution >= 4 is 0 Å². The Bertz CT molecular complexity index is 1620. The maximum atomic E-state index is 11.5. The van der Waals surface area contributed by atoms with E-state index >= 15 is 0 Å². The Balaban J connectivity index is 1.22. The predicted molar refractivity (Wildman–Crippen MR) is 204 cm³/mol. The molecule has 12 bridgehead atoms. The average molecular weight is 1030 g/mol.